The van der Waals surface area contributed by atoms with Gasteiger partial charge in [0.15, 0.2) is 5.82 Å². The Bertz CT molecular complexity index is 279. The van der Waals surface area contributed by atoms with Gasteiger partial charge in [0.25, 0.3) is 0 Å². The van der Waals surface area contributed by atoms with Crippen molar-refractivity contribution in [3.8, 4) is 0 Å². The second-order valence-electron chi connectivity index (χ2n) is 2.41. The maximum absolute atomic E-state index is 8.44. The van der Waals surface area contributed by atoms with Crippen molar-refractivity contribution in [2.45, 2.75) is 20.3 Å². The third-order valence-electron chi connectivity index (χ3n) is 1.44. The molecule has 3 N–H and O–H groups in total. The molecule has 0 atom stereocenters. The minimum absolute atomic E-state index is 0.421. The van der Waals surface area contributed by atoms with Gasteiger partial charge in [-0.25, -0.2) is 4.99 Å². The van der Waals surface area contributed by atoms with E-state index in [4.69, 9.17) is 5.21 Å². The fourth-order valence-electron chi connectivity index (χ4n) is 0.785. The molecule has 5 nitrogen and oxygen atoms in total. The van der Waals surface area contributed by atoms with E-state index in [1.54, 1.807) is 6.92 Å². The maximum Gasteiger partial charge on any atom is 0.175 e. The molecule has 1 heterocycles. The summed E-state index contributed by atoms with van der Waals surface area (Å²) in [7, 11) is 0. The number of aryl methyl sites for hydroxylation is 1. The third kappa shape index (κ3) is 2.06. The predicted molar refractivity (Wildman–Crippen MR) is 45.7 cm³/mol. The zero-order chi connectivity index (χ0) is 8.97. The van der Waals surface area contributed by atoms with Gasteiger partial charge in [0.1, 0.15) is 5.84 Å². The van der Waals surface area contributed by atoms with Crippen LogP contribution in [0.15, 0.2) is 11.1 Å². The van der Waals surface area contributed by atoms with Gasteiger partial charge in [-0.3, -0.25) is 15.8 Å². The van der Waals surface area contributed by atoms with Gasteiger partial charge in [-0.05, 0) is 13.3 Å². The quantitative estimate of drug-likeness (QED) is 0.350. The second kappa shape index (κ2) is 3.87. The molecule has 1 aromatic rings. The molecule has 1 rings (SSSR count). The highest BCUT2D eigenvalue weighted by atomic mass is 16.5. The molecule has 0 aliphatic rings. The summed E-state index contributed by atoms with van der Waals surface area (Å²) in [5.41, 5.74) is 2.96. The van der Waals surface area contributed by atoms with E-state index in [1.165, 1.54) is 0 Å². The molecule has 0 fully saturated rings. The molecule has 0 radical (unpaired) electrons. The zero-order valence-electron chi connectivity index (χ0n) is 7.13. The molecule has 12 heavy (non-hydrogen) atoms. The molecule has 66 valence electrons. The van der Waals surface area contributed by atoms with Crippen LogP contribution in [-0.4, -0.2) is 21.2 Å². The number of hydrogen-bond donors (Lipinski definition) is 3. The summed E-state index contributed by atoms with van der Waals surface area (Å²) in [5.74, 6) is 0.995. The Hall–Kier alpha value is -1.36. The van der Waals surface area contributed by atoms with E-state index in [9.17, 15) is 0 Å². The van der Waals surface area contributed by atoms with E-state index in [1.807, 2.05) is 18.5 Å². The van der Waals surface area contributed by atoms with Crippen LogP contribution in [-0.2, 0) is 6.42 Å². The first-order valence-electron chi connectivity index (χ1n) is 3.76. The lowest BCUT2D eigenvalue weighted by Crippen LogP contribution is -2.13. The number of aromatic amines is 1. The van der Waals surface area contributed by atoms with Crippen LogP contribution in [0.2, 0.25) is 0 Å². The topological polar surface area (TPSA) is 73.3 Å². The van der Waals surface area contributed by atoms with Gasteiger partial charge >= 0.3 is 0 Å². The Labute approximate surface area is 70.5 Å². The number of hydrogen-bond acceptors (Lipinski definition) is 3. The standard InChI is InChI=1S/C7H12N4O/c1-3-6-4-7(10-9-6)8-5(2)11-12/h4,12H,3H2,1-2H3,(H2,8,9,10,11). The summed E-state index contributed by atoms with van der Waals surface area (Å²) in [6, 6.07) is 1.83. The molecule has 0 aliphatic heterocycles. The largest absolute Gasteiger partial charge is 0.290 e. The number of nitrogens with one attached hydrogen (secondary N) is 2. The molecule has 0 saturated carbocycles. The first-order valence-corrected chi connectivity index (χ1v) is 3.76. The summed E-state index contributed by atoms with van der Waals surface area (Å²) in [6.45, 7) is 3.68. The number of amidine groups is 1. The van der Waals surface area contributed by atoms with E-state index in [2.05, 4.69) is 15.2 Å². The summed E-state index contributed by atoms with van der Waals surface area (Å²) in [6.07, 6.45) is 0.897. The van der Waals surface area contributed by atoms with E-state index in [0.717, 1.165) is 12.1 Å². The number of aliphatic imine (C=N–C) groups is 1. The molecule has 0 aromatic carbocycles. The van der Waals surface area contributed by atoms with Crippen molar-refractivity contribution in [1.82, 2.24) is 15.7 Å². The van der Waals surface area contributed by atoms with Gasteiger partial charge in [-0.2, -0.15) is 5.10 Å². The number of rotatable bonds is 2. The molecule has 0 spiro atoms. The van der Waals surface area contributed by atoms with Gasteiger partial charge in [0.05, 0.1) is 0 Å². The van der Waals surface area contributed by atoms with Crippen molar-refractivity contribution >= 4 is 11.7 Å². The average Bonchev–Trinajstić information content (AvgIpc) is 2.52. The highest BCUT2D eigenvalue weighted by Gasteiger charge is 1.96. The molecule has 0 unspecified atom stereocenters. The van der Waals surface area contributed by atoms with E-state index in [-0.39, 0.29) is 0 Å². The van der Waals surface area contributed by atoms with Gasteiger partial charge in [-0.1, -0.05) is 6.92 Å². The van der Waals surface area contributed by atoms with E-state index in [0.29, 0.717) is 11.7 Å². The molecular weight excluding hydrogens is 156 g/mol. The summed E-state index contributed by atoms with van der Waals surface area (Å²) in [4.78, 5) is 3.96. The number of aromatic nitrogens is 2. The second-order valence-corrected chi connectivity index (χ2v) is 2.41. The smallest absolute Gasteiger partial charge is 0.175 e. The molecule has 0 aliphatic carbocycles. The van der Waals surface area contributed by atoms with Gasteiger partial charge in [0, 0.05) is 11.8 Å². The lowest BCUT2D eigenvalue weighted by molar-refractivity contribution is 0.234. The number of nitrogens with zero attached hydrogens (tertiary/aromatic N) is 2. The molecule has 0 amide bonds. The average molecular weight is 168 g/mol. The fourth-order valence-corrected chi connectivity index (χ4v) is 0.785. The number of hydroxylamine groups is 1. The summed E-state index contributed by atoms with van der Waals surface area (Å²) in [5, 5.41) is 15.2. The van der Waals surface area contributed by atoms with Crippen molar-refractivity contribution in [3.63, 3.8) is 0 Å². The maximum atomic E-state index is 8.44. The first kappa shape index (κ1) is 8.73. The minimum Gasteiger partial charge on any atom is -0.290 e. The molecule has 1 aromatic heterocycles. The number of H-pyrrole nitrogens is 1. The van der Waals surface area contributed by atoms with Gasteiger partial charge < -0.3 is 0 Å². The molecule has 5 heteroatoms. The van der Waals surface area contributed by atoms with Gasteiger partial charge in [0.2, 0.25) is 0 Å². The van der Waals surface area contributed by atoms with Crippen LogP contribution in [0.3, 0.4) is 0 Å². The Balaban J connectivity index is 2.76. The van der Waals surface area contributed by atoms with Crippen LogP contribution in [0.25, 0.3) is 0 Å². The van der Waals surface area contributed by atoms with Crippen LogP contribution in [0, 0.1) is 0 Å². The Morgan fingerprint density at radius 2 is 2.58 bits per heavy atom. The first-order chi connectivity index (χ1) is 5.76. The Morgan fingerprint density at radius 1 is 1.83 bits per heavy atom. The van der Waals surface area contributed by atoms with E-state index < -0.39 is 0 Å². The van der Waals surface area contributed by atoms with Crippen molar-refractivity contribution < 1.29 is 5.21 Å². The molecule has 0 bridgehead atoms. The summed E-state index contributed by atoms with van der Waals surface area (Å²) >= 11 is 0. The van der Waals surface area contributed by atoms with Crippen molar-refractivity contribution in [2.24, 2.45) is 4.99 Å². The highest BCUT2D eigenvalue weighted by Crippen LogP contribution is 2.09. The molecular formula is C7H12N4O. The van der Waals surface area contributed by atoms with Crippen molar-refractivity contribution in [1.29, 1.82) is 0 Å². The van der Waals surface area contributed by atoms with Crippen molar-refractivity contribution in [3.05, 3.63) is 11.8 Å². The van der Waals surface area contributed by atoms with Crippen LogP contribution in [0.1, 0.15) is 19.5 Å². The van der Waals surface area contributed by atoms with Crippen LogP contribution in [0.4, 0.5) is 5.82 Å². The van der Waals surface area contributed by atoms with Crippen LogP contribution in [0.5, 0.6) is 0 Å². The Morgan fingerprint density at radius 3 is 3.08 bits per heavy atom. The van der Waals surface area contributed by atoms with Crippen LogP contribution >= 0.6 is 0 Å². The summed E-state index contributed by atoms with van der Waals surface area (Å²) < 4.78 is 0. The molecule has 0 saturated heterocycles. The zero-order valence-corrected chi connectivity index (χ0v) is 7.13. The SMILES string of the molecule is CCc1cc(N=C(C)NO)n[nH]1. The fraction of sp³-hybridized carbons (Fsp3) is 0.429. The lowest BCUT2D eigenvalue weighted by Gasteiger charge is -1.92. The van der Waals surface area contributed by atoms with Crippen molar-refractivity contribution in [2.75, 3.05) is 0 Å². The lowest BCUT2D eigenvalue weighted by atomic mass is 10.3. The monoisotopic (exact) mass is 168 g/mol. The minimum atomic E-state index is 0.421. The third-order valence-corrected chi connectivity index (χ3v) is 1.44. The Kier molecular flexibility index (Phi) is 2.82. The van der Waals surface area contributed by atoms with Gasteiger partial charge in [-0.15, -0.1) is 0 Å². The van der Waals surface area contributed by atoms with E-state index >= 15 is 0 Å². The van der Waals surface area contributed by atoms with Crippen LogP contribution < -0.4 is 5.48 Å². The highest BCUT2D eigenvalue weighted by molar-refractivity contribution is 5.80. The predicted octanol–water partition coefficient (Wildman–Crippen LogP) is 1.00. The normalized spacial score (nSPS) is 11.8.